The van der Waals surface area contributed by atoms with Crippen LogP contribution in [0.1, 0.15) is 78.8 Å². The standard InChI is InChI=1S/C33H39N5O4/c1-33(2,3)42-22-29-28(21-35-38(29)17-13-26-12-11-23-9-7-14-34-32(23)36-26)30(39)19-25(20-31(40)41)24-8-6-10-27(18-24)37-15-4-5-16-37/h4-6,8,10-12,15-16,18,21,25H,7,9,13-14,17,19-20,22H2,1-3H3,(H,34,36)(H,40,41). The fourth-order valence-electron chi connectivity index (χ4n) is 5.30. The molecule has 3 aromatic heterocycles. The van der Waals surface area contributed by atoms with E-state index in [2.05, 4.69) is 22.5 Å². The summed E-state index contributed by atoms with van der Waals surface area (Å²) in [6, 6.07) is 15.8. The van der Waals surface area contributed by atoms with E-state index < -0.39 is 17.5 Å². The van der Waals surface area contributed by atoms with Gasteiger partial charge in [-0.15, -0.1) is 0 Å². The molecule has 1 aliphatic rings. The molecule has 0 fully saturated rings. The summed E-state index contributed by atoms with van der Waals surface area (Å²) in [5.74, 6) is -0.630. The molecule has 1 atom stereocenters. The van der Waals surface area contributed by atoms with Gasteiger partial charge < -0.3 is 19.7 Å². The summed E-state index contributed by atoms with van der Waals surface area (Å²) in [5, 5.41) is 17.7. The maximum absolute atomic E-state index is 13.8. The van der Waals surface area contributed by atoms with E-state index in [9.17, 15) is 14.7 Å². The van der Waals surface area contributed by atoms with Crippen molar-refractivity contribution in [1.82, 2.24) is 19.3 Å². The summed E-state index contributed by atoms with van der Waals surface area (Å²) >= 11 is 0. The average molecular weight is 570 g/mol. The summed E-state index contributed by atoms with van der Waals surface area (Å²) in [4.78, 5) is 30.4. The lowest BCUT2D eigenvalue weighted by Crippen LogP contribution is -2.22. The van der Waals surface area contributed by atoms with Crippen molar-refractivity contribution in [2.45, 2.75) is 77.5 Å². The van der Waals surface area contributed by atoms with Crippen LogP contribution >= 0.6 is 0 Å². The van der Waals surface area contributed by atoms with E-state index in [0.29, 0.717) is 24.2 Å². The number of Topliss-reactive ketones (excluding diaryl/α,β-unsaturated/α-hetero) is 1. The molecule has 2 N–H and O–H groups in total. The molecule has 4 heterocycles. The van der Waals surface area contributed by atoms with E-state index in [-0.39, 0.29) is 25.2 Å². The van der Waals surface area contributed by atoms with Crippen molar-refractivity contribution in [3.63, 3.8) is 0 Å². The number of aromatic nitrogens is 4. The fourth-order valence-corrected chi connectivity index (χ4v) is 5.30. The van der Waals surface area contributed by atoms with Crippen LogP contribution in [0.3, 0.4) is 0 Å². The first-order valence-electron chi connectivity index (χ1n) is 14.6. The van der Waals surface area contributed by atoms with Crippen LogP contribution in [0.5, 0.6) is 0 Å². The van der Waals surface area contributed by atoms with E-state index in [0.717, 1.165) is 42.1 Å². The minimum atomic E-state index is -0.946. The second-order valence-corrected chi connectivity index (χ2v) is 11.8. The number of ether oxygens (including phenoxy) is 1. The summed E-state index contributed by atoms with van der Waals surface area (Å²) in [7, 11) is 0. The van der Waals surface area contributed by atoms with Crippen LogP contribution in [0.2, 0.25) is 0 Å². The molecule has 42 heavy (non-hydrogen) atoms. The molecular weight excluding hydrogens is 530 g/mol. The zero-order valence-corrected chi connectivity index (χ0v) is 24.5. The Hall–Kier alpha value is -4.24. The van der Waals surface area contributed by atoms with Crippen molar-refractivity contribution in [3.8, 4) is 5.69 Å². The number of hydrogen-bond acceptors (Lipinski definition) is 6. The summed E-state index contributed by atoms with van der Waals surface area (Å²) in [5.41, 5.74) is 4.68. The SMILES string of the molecule is CC(C)(C)OCc1c(C(=O)CC(CC(=O)O)c2cccc(-n3cccc3)c2)cnn1CCc1ccc2c(n1)NCCC2. The highest BCUT2D eigenvalue weighted by molar-refractivity contribution is 5.97. The number of carbonyl (C=O) groups is 2. The monoisotopic (exact) mass is 569 g/mol. The fraction of sp³-hybridized carbons (Fsp3) is 0.394. The Balaban J connectivity index is 1.38. The highest BCUT2D eigenvalue weighted by Gasteiger charge is 2.25. The summed E-state index contributed by atoms with van der Waals surface area (Å²) in [6.45, 7) is 7.61. The number of carbonyl (C=O) groups excluding carboxylic acids is 1. The minimum absolute atomic E-state index is 0.0493. The number of aliphatic carboxylic acids is 1. The van der Waals surface area contributed by atoms with Crippen molar-refractivity contribution < 1.29 is 19.4 Å². The molecule has 0 saturated heterocycles. The Morgan fingerprint density at radius 1 is 1.10 bits per heavy atom. The Morgan fingerprint density at radius 2 is 1.90 bits per heavy atom. The van der Waals surface area contributed by atoms with Crippen LogP contribution in [-0.4, -0.2) is 48.3 Å². The number of hydrogen-bond donors (Lipinski definition) is 2. The van der Waals surface area contributed by atoms with Gasteiger partial charge in [-0.05, 0) is 75.1 Å². The molecule has 5 rings (SSSR count). The molecule has 0 amide bonds. The number of nitrogens with one attached hydrogen (secondary N) is 1. The second-order valence-electron chi connectivity index (χ2n) is 11.8. The zero-order valence-electron chi connectivity index (χ0n) is 24.5. The Bertz CT molecular complexity index is 1530. The molecule has 9 heteroatoms. The summed E-state index contributed by atoms with van der Waals surface area (Å²) in [6.07, 6.45) is 8.16. The van der Waals surface area contributed by atoms with Gasteiger partial charge in [-0.1, -0.05) is 18.2 Å². The first-order valence-corrected chi connectivity index (χ1v) is 14.6. The zero-order chi connectivity index (χ0) is 29.7. The second kappa shape index (κ2) is 12.7. The Labute approximate surface area is 246 Å². The molecule has 0 spiro atoms. The lowest BCUT2D eigenvalue weighted by Gasteiger charge is -2.21. The topological polar surface area (TPSA) is 111 Å². The molecule has 0 saturated carbocycles. The third-order valence-electron chi connectivity index (χ3n) is 7.52. The first-order chi connectivity index (χ1) is 20.2. The van der Waals surface area contributed by atoms with Crippen LogP contribution < -0.4 is 5.32 Å². The van der Waals surface area contributed by atoms with Crippen LogP contribution in [0, 0.1) is 0 Å². The molecule has 4 aromatic rings. The van der Waals surface area contributed by atoms with E-state index in [1.54, 1.807) is 6.20 Å². The molecule has 1 aromatic carbocycles. The van der Waals surface area contributed by atoms with Gasteiger partial charge in [0, 0.05) is 55.6 Å². The van der Waals surface area contributed by atoms with Crippen molar-refractivity contribution in [2.75, 3.05) is 11.9 Å². The smallest absolute Gasteiger partial charge is 0.303 e. The van der Waals surface area contributed by atoms with Gasteiger partial charge in [0.05, 0.1) is 36.1 Å². The van der Waals surface area contributed by atoms with Crippen molar-refractivity contribution >= 4 is 17.6 Å². The van der Waals surface area contributed by atoms with Crippen molar-refractivity contribution in [3.05, 3.63) is 95.2 Å². The van der Waals surface area contributed by atoms with Crippen LogP contribution in [0.25, 0.3) is 5.69 Å². The van der Waals surface area contributed by atoms with Crippen molar-refractivity contribution in [2.24, 2.45) is 0 Å². The number of carboxylic acid groups (broad SMARTS) is 1. The lowest BCUT2D eigenvalue weighted by molar-refractivity contribution is -0.137. The van der Waals surface area contributed by atoms with Crippen LogP contribution in [-0.2, 0) is 35.5 Å². The molecule has 220 valence electrons. The lowest BCUT2D eigenvalue weighted by atomic mass is 9.88. The van der Waals surface area contributed by atoms with E-state index >= 15 is 0 Å². The number of ketones is 1. The predicted molar refractivity (Wildman–Crippen MR) is 161 cm³/mol. The number of carboxylic acids is 1. The number of aryl methyl sites for hydroxylation is 3. The molecule has 9 nitrogen and oxygen atoms in total. The maximum Gasteiger partial charge on any atom is 0.303 e. The quantitative estimate of drug-likeness (QED) is 0.207. The molecular formula is C33H39N5O4. The minimum Gasteiger partial charge on any atom is -0.481 e. The molecule has 0 bridgehead atoms. The van der Waals surface area contributed by atoms with E-state index in [4.69, 9.17) is 9.72 Å². The van der Waals surface area contributed by atoms with Gasteiger partial charge in [-0.3, -0.25) is 14.3 Å². The van der Waals surface area contributed by atoms with Gasteiger partial charge in [0.2, 0.25) is 0 Å². The highest BCUT2D eigenvalue weighted by Crippen LogP contribution is 2.29. The van der Waals surface area contributed by atoms with Gasteiger partial charge in [0.1, 0.15) is 5.82 Å². The van der Waals surface area contributed by atoms with E-state index in [1.807, 2.05) is 78.8 Å². The number of rotatable bonds is 12. The molecule has 1 unspecified atom stereocenters. The number of anilines is 1. The number of fused-ring (bicyclic) bond motifs is 1. The first kappa shape index (κ1) is 29.3. The van der Waals surface area contributed by atoms with Crippen LogP contribution in [0.15, 0.2) is 67.1 Å². The molecule has 0 aliphatic carbocycles. The molecule has 1 aliphatic heterocycles. The Morgan fingerprint density at radius 3 is 2.67 bits per heavy atom. The number of nitrogens with zero attached hydrogens (tertiary/aromatic N) is 4. The normalized spacial score (nSPS) is 13.8. The van der Waals surface area contributed by atoms with Gasteiger partial charge in [-0.25, -0.2) is 4.98 Å². The molecule has 0 radical (unpaired) electrons. The van der Waals surface area contributed by atoms with E-state index in [1.165, 1.54) is 5.56 Å². The Kier molecular flexibility index (Phi) is 8.87. The van der Waals surface area contributed by atoms with Crippen LogP contribution in [0.4, 0.5) is 5.82 Å². The van der Waals surface area contributed by atoms with Gasteiger partial charge in [-0.2, -0.15) is 5.10 Å². The number of benzene rings is 1. The van der Waals surface area contributed by atoms with Crippen molar-refractivity contribution in [1.29, 1.82) is 0 Å². The van der Waals surface area contributed by atoms with Gasteiger partial charge in [0.15, 0.2) is 5.78 Å². The maximum atomic E-state index is 13.8. The van der Waals surface area contributed by atoms with Gasteiger partial charge >= 0.3 is 5.97 Å². The third-order valence-corrected chi connectivity index (χ3v) is 7.52. The number of pyridine rings is 1. The summed E-state index contributed by atoms with van der Waals surface area (Å²) < 4.78 is 9.89. The highest BCUT2D eigenvalue weighted by atomic mass is 16.5. The largest absolute Gasteiger partial charge is 0.481 e. The third kappa shape index (κ3) is 7.33. The average Bonchev–Trinajstić information content (AvgIpc) is 3.64. The predicted octanol–water partition coefficient (Wildman–Crippen LogP) is 5.82. The van der Waals surface area contributed by atoms with Gasteiger partial charge in [0.25, 0.3) is 0 Å².